The minimum Gasteiger partial charge on any atom is -0.291 e. The van der Waals surface area contributed by atoms with Crippen molar-refractivity contribution in [2.45, 2.75) is 45.6 Å². The molecule has 86 valence electrons. The number of aromatic nitrogens is 1. The Labute approximate surface area is 96.5 Å². The molecule has 3 heteroatoms. The molecule has 1 unspecified atom stereocenters. The second-order valence-corrected chi connectivity index (χ2v) is 5.22. The number of hydrogen-bond acceptors (Lipinski definition) is 2. The van der Waals surface area contributed by atoms with Gasteiger partial charge in [-0.3, -0.25) is 9.69 Å². The molecule has 0 N–H and O–H groups in total. The number of carbonyl (C=O) groups excluding carboxylic acids is 1. The van der Waals surface area contributed by atoms with Crippen molar-refractivity contribution in [3.63, 3.8) is 0 Å². The Morgan fingerprint density at radius 1 is 1.44 bits per heavy atom. The highest BCUT2D eigenvalue weighted by Gasteiger charge is 2.42. The zero-order valence-electron chi connectivity index (χ0n) is 10.3. The summed E-state index contributed by atoms with van der Waals surface area (Å²) in [6, 6.07) is 3.92. The Balaban J connectivity index is 2.55. The number of pyridine rings is 1. The highest BCUT2D eigenvalue weighted by atomic mass is 16.2. The van der Waals surface area contributed by atoms with Gasteiger partial charge in [0.25, 0.3) is 0 Å². The molecule has 1 aromatic rings. The zero-order chi connectivity index (χ0) is 11.9. The summed E-state index contributed by atoms with van der Waals surface area (Å²) in [5, 5.41) is 0. The summed E-state index contributed by atoms with van der Waals surface area (Å²) >= 11 is 0. The Kier molecular flexibility index (Phi) is 2.49. The third kappa shape index (κ3) is 1.51. The van der Waals surface area contributed by atoms with Gasteiger partial charge < -0.3 is 0 Å². The van der Waals surface area contributed by atoms with E-state index in [-0.39, 0.29) is 17.4 Å². The largest absolute Gasteiger partial charge is 0.291 e. The van der Waals surface area contributed by atoms with Crippen molar-refractivity contribution >= 4 is 11.7 Å². The van der Waals surface area contributed by atoms with Crippen LogP contribution in [0.25, 0.3) is 0 Å². The van der Waals surface area contributed by atoms with E-state index >= 15 is 0 Å². The topological polar surface area (TPSA) is 33.2 Å². The van der Waals surface area contributed by atoms with Crippen LogP contribution in [0.2, 0.25) is 0 Å². The van der Waals surface area contributed by atoms with Crippen molar-refractivity contribution in [1.82, 2.24) is 4.98 Å². The Morgan fingerprint density at radius 3 is 2.69 bits per heavy atom. The summed E-state index contributed by atoms with van der Waals surface area (Å²) < 4.78 is 0. The minimum absolute atomic E-state index is 0.0112. The number of carbonyl (C=O) groups is 1. The molecular formula is C13H18N2O. The molecule has 2 rings (SSSR count). The second-order valence-electron chi connectivity index (χ2n) is 5.22. The van der Waals surface area contributed by atoms with Gasteiger partial charge in [-0.25, -0.2) is 4.98 Å². The summed E-state index contributed by atoms with van der Waals surface area (Å²) in [4.78, 5) is 18.5. The molecule has 1 aliphatic heterocycles. The fourth-order valence-corrected chi connectivity index (χ4v) is 2.30. The molecule has 0 radical (unpaired) electrons. The molecule has 0 saturated carbocycles. The molecule has 3 nitrogen and oxygen atoms in total. The number of hydrogen-bond donors (Lipinski definition) is 0. The highest BCUT2D eigenvalue weighted by Crippen LogP contribution is 2.40. The number of nitrogens with zero attached hydrogens (tertiary/aromatic N) is 2. The van der Waals surface area contributed by atoms with Crippen LogP contribution in [0.1, 0.15) is 45.6 Å². The fraction of sp³-hybridized carbons (Fsp3) is 0.538. The van der Waals surface area contributed by atoms with Crippen LogP contribution in [0.3, 0.4) is 0 Å². The van der Waals surface area contributed by atoms with Gasteiger partial charge in [0.05, 0.1) is 5.92 Å². The normalized spacial score (nSPS) is 20.1. The monoisotopic (exact) mass is 218 g/mol. The first kappa shape index (κ1) is 11.1. The molecule has 0 bridgehead atoms. The van der Waals surface area contributed by atoms with E-state index in [1.165, 1.54) is 0 Å². The van der Waals surface area contributed by atoms with Gasteiger partial charge in [0.1, 0.15) is 5.82 Å². The summed E-state index contributed by atoms with van der Waals surface area (Å²) in [7, 11) is 0. The predicted octanol–water partition coefficient (Wildman–Crippen LogP) is 2.72. The number of fused-ring (bicyclic) bond motifs is 1. The molecule has 0 aromatic carbocycles. The molecular weight excluding hydrogens is 200 g/mol. The molecule has 16 heavy (non-hydrogen) atoms. The summed E-state index contributed by atoms with van der Waals surface area (Å²) in [5.74, 6) is 1.01. The average Bonchev–Trinajstić information content (AvgIpc) is 2.48. The van der Waals surface area contributed by atoms with Gasteiger partial charge in [-0.2, -0.15) is 0 Å². The molecule has 0 spiro atoms. The smallest absolute Gasteiger partial charge is 0.236 e. The average molecular weight is 218 g/mol. The summed E-state index contributed by atoms with van der Waals surface area (Å²) in [5.41, 5.74) is 0.870. The lowest BCUT2D eigenvalue weighted by molar-refractivity contribution is -0.120. The third-order valence-electron chi connectivity index (χ3n) is 3.00. The quantitative estimate of drug-likeness (QED) is 0.726. The van der Waals surface area contributed by atoms with E-state index in [0.29, 0.717) is 0 Å². The van der Waals surface area contributed by atoms with Crippen LogP contribution in [0.15, 0.2) is 18.3 Å². The lowest BCUT2D eigenvalue weighted by Crippen LogP contribution is -2.44. The van der Waals surface area contributed by atoms with Crippen molar-refractivity contribution in [3.05, 3.63) is 23.9 Å². The number of amides is 1. The van der Waals surface area contributed by atoms with Gasteiger partial charge in [-0.05, 0) is 33.3 Å². The van der Waals surface area contributed by atoms with E-state index in [1.807, 2.05) is 44.7 Å². The predicted molar refractivity (Wildman–Crippen MR) is 64.5 cm³/mol. The Bertz CT molecular complexity index is 420. The van der Waals surface area contributed by atoms with Gasteiger partial charge >= 0.3 is 0 Å². The second kappa shape index (κ2) is 3.58. The van der Waals surface area contributed by atoms with E-state index in [0.717, 1.165) is 17.8 Å². The van der Waals surface area contributed by atoms with Crippen LogP contribution in [0, 0.1) is 0 Å². The highest BCUT2D eigenvalue weighted by molar-refractivity contribution is 6.04. The molecule has 1 atom stereocenters. The molecule has 2 heterocycles. The SMILES string of the molecule is CCC1C(=O)N(C(C)(C)C)c2ncccc21. The lowest BCUT2D eigenvalue weighted by Gasteiger charge is -2.31. The van der Waals surface area contributed by atoms with Crippen LogP contribution >= 0.6 is 0 Å². The number of rotatable bonds is 1. The fourth-order valence-electron chi connectivity index (χ4n) is 2.30. The van der Waals surface area contributed by atoms with Crippen molar-refractivity contribution in [1.29, 1.82) is 0 Å². The van der Waals surface area contributed by atoms with Crippen LogP contribution in [0.4, 0.5) is 5.82 Å². The molecule has 1 aliphatic rings. The van der Waals surface area contributed by atoms with Crippen LogP contribution in [0.5, 0.6) is 0 Å². The van der Waals surface area contributed by atoms with Gasteiger partial charge in [-0.15, -0.1) is 0 Å². The maximum atomic E-state index is 12.3. The standard InChI is InChI=1S/C13H18N2O/c1-5-9-10-7-6-8-14-11(10)15(12(9)16)13(2,3)4/h6-9H,5H2,1-4H3. The minimum atomic E-state index is -0.204. The Hall–Kier alpha value is -1.38. The van der Waals surface area contributed by atoms with Crippen LogP contribution in [-0.2, 0) is 4.79 Å². The van der Waals surface area contributed by atoms with Crippen molar-refractivity contribution < 1.29 is 4.79 Å². The van der Waals surface area contributed by atoms with Crippen LogP contribution < -0.4 is 4.90 Å². The summed E-state index contributed by atoms with van der Waals surface area (Å²) in [6.45, 7) is 8.18. The van der Waals surface area contributed by atoms with E-state index in [1.54, 1.807) is 6.20 Å². The van der Waals surface area contributed by atoms with Gasteiger partial charge in [0.2, 0.25) is 5.91 Å². The first-order valence-corrected chi connectivity index (χ1v) is 5.75. The van der Waals surface area contributed by atoms with Crippen molar-refractivity contribution in [2.24, 2.45) is 0 Å². The van der Waals surface area contributed by atoms with Gasteiger partial charge in [-0.1, -0.05) is 13.0 Å². The van der Waals surface area contributed by atoms with E-state index in [2.05, 4.69) is 4.98 Å². The van der Waals surface area contributed by atoms with Gasteiger partial charge in [0.15, 0.2) is 0 Å². The van der Waals surface area contributed by atoms with Crippen molar-refractivity contribution in [3.8, 4) is 0 Å². The molecule has 0 saturated heterocycles. The maximum Gasteiger partial charge on any atom is 0.236 e. The van der Waals surface area contributed by atoms with E-state index in [4.69, 9.17) is 0 Å². The Morgan fingerprint density at radius 2 is 2.12 bits per heavy atom. The lowest BCUT2D eigenvalue weighted by atomic mass is 10.00. The van der Waals surface area contributed by atoms with E-state index < -0.39 is 0 Å². The number of anilines is 1. The maximum absolute atomic E-state index is 12.3. The third-order valence-corrected chi connectivity index (χ3v) is 3.00. The summed E-state index contributed by atoms with van der Waals surface area (Å²) in [6.07, 6.45) is 2.59. The molecule has 0 fully saturated rings. The molecule has 1 aromatic heterocycles. The van der Waals surface area contributed by atoms with Gasteiger partial charge in [0, 0.05) is 17.3 Å². The first-order chi connectivity index (χ1) is 7.46. The first-order valence-electron chi connectivity index (χ1n) is 5.75. The van der Waals surface area contributed by atoms with Crippen LogP contribution in [-0.4, -0.2) is 16.4 Å². The van der Waals surface area contributed by atoms with E-state index in [9.17, 15) is 4.79 Å². The molecule has 0 aliphatic carbocycles. The van der Waals surface area contributed by atoms with Crippen molar-refractivity contribution in [2.75, 3.05) is 4.90 Å². The molecule has 1 amide bonds. The zero-order valence-corrected chi connectivity index (χ0v) is 10.3.